The Kier molecular flexibility index (Phi) is 4.31. The average Bonchev–Trinajstić information content (AvgIpc) is 3.33. The van der Waals surface area contributed by atoms with Crippen molar-refractivity contribution >= 4 is 0 Å². The third kappa shape index (κ3) is 2.60. The van der Waals surface area contributed by atoms with Gasteiger partial charge in [-0.2, -0.15) is 0 Å². The van der Waals surface area contributed by atoms with Crippen molar-refractivity contribution in [3.8, 4) is 0 Å². The van der Waals surface area contributed by atoms with E-state index in [1.807, 2.05) is 0 Å². The monoisotopic (exact) mass is 308 g/mol. The SMILES string of the molecule is CCC1(NN(C2(CC)C=CC=C2)C2(CC)C=CC=C2)C=CC=C1. The minimum atomic E-state index is -0.0983. The van der Waals surface area contributed by atoms with E-state index in [2.05, 4.69) is 104 Å². The summed E-state index contributed by atoms with van der Waals surface area (Å²) in [4.78, 5) is 0. The lowest BCUT2D eigenvalue weighted by Gasteiger charge is -2.51. The van der Waals surface area contributed by atoms with Crippen molar-refractivity contribution in [2.24, 2.45) is 0 Å². The van der Waals surface area contributed by atoms with E-state index in [1.165, 1.54) is 0 Å². The fourth-order valence-electron chi connectivity index (χ4n) is 3.79. The molecule has 0 aromatic rings. The molecule has 2 nitrogen and oxygen atoms in total. The van der Waals surface area contributed by atoms with E-state index in [4.69, 9.17) is 0 Å². The molecule has 2 heteroatoms. The zero-order valence-corrected chi connectivity index (χ0v) is 14.5. The standard InChI is InChI=1S/C21H28N2/c1-4-19(13-7-8-14-19)22-23(20(5-2)15-9-10-16-20)21(6-3)17-11-12-18-21/h7-18,22H,4-6H2,1-3H3. The van der Waals surface area contributed by atoms with Gasteiger partial charge in [0, 0.05) is 0 Å². The summed E-state index contributed by atoms with van der Waals surface area (Å²) in [6, 6.07) is 0. The Morgan fingerprint density at radius 2 is 1.00 bits per heavy atom. The van der Waals surface area contributed by atoms with Crippen molar-refractivity contribution in [2.45, 2.75) is 56.7 Å². The number of nitrogens with one attached hydrogen (secondary N) is 1. The maximum Gasteiger partial charge on any atom is 0.0730 e. The fourth-order valence-corrected chi connectivity index (χ4v) is 3.79. The first-order chi connectivity index (χ1) is 11.1. The molecule has 0 fully saturated rings. The summed E-state index contributed by atoms with van der Waals surface area (Å²) in [5, 5.41) is 2.48. The second-order valence-corrected chi connectivity index (χ2v) is 6.69. The first-order valence-corrected chi connectivity index (χ1v) is 8.83. The molecule has 0 saturated carbocycles. The van der Waals surface area contributed by atoms with Gasteiger partial charge in [0.05, 0.1) is 16.6 Å². The summed E-state index contributed by atoms with van der Waals surface area (Å²) in [6.45, 7) is 6.77. The lowest BCUT2D eigenvalue weighted by molar-refractivity contribution is 0.00294. The van der Waals surface area contributed by atoms with E-state index in [0.29, 0.717) is 0 Å². The lowest BCUT2D eigenvalue weighted by Crippen LogP contribution is -2.67. The molecule has 3 aliphatic rings. The van der Waals surface area contributed by atoms with E-state index < -0.39 is 0 Å². The molecule has 0 aliphatic heterocycles. The van der Waals surface area contributed by atoms with Crippen LogP contribution in [0.4, 0.5) is 0 Å². The largest absolute Gasteiger partial charge is 0.239 e. The van der Waals surface area contributed by atoms with Crippen LogP contribution in [0.1, 0.15) is 40.0 Å². The molecule has 0 aromatic carbocycles. The van der Waals surface area contributed by atoms with Gasteiger partial charge in [-0.15, -0.1) is 0 Å². The molecule has 0 heterocycles. The summed E-state index contributed by atoms with van der Waals surface area (Å²) in [5.74, 6) is 0. The fraction of sp³-hybridized carbons (Fsp3) is 0.429. The van der Waals surface area contributed by atoms with Gasteiger partial charge in [0.15, 0.2) is 0 Å². The van der Waals surface area contributed by atoms with Gasteiger partial charge in [0.1, 0.15) is 0 Å². The number of allylic oxidation sites excluding steroid dienone is 6. The van der Waals surface area contributed by atoms with Gasteiger partial charge >= 0.3 is 0 Å². The highest BCUT2D eigenvalue weighted by molar-refractivity contribution is 5.39. The number of hydrazine groups is 1. The van der Waals surface area contributed by atoms with Crippen LogP contribution in [0.15, 0.2) is 72.9 Å². The van der Waals surface area contributed by atoms with Crippen LogP contribution in [0.5, 0.6) is 0 Å². The number of rotatable bonds is 7. The van der Waals surface area contributed by atoms with Crippen LogP contribution in [0, 0.1) is 0 Å². The average molecular weight is 308 g/mol. The maximum absolute atomic E-state index is 3.90. The number of hydrogen-bond acceptors (Lipinski definition) is 2. The van der Waals surface area contributed by atoms with Crippen LogP contribution in [0.25, 0.3) is 0 Å². The van der Waals surface area contributed by atoms with Gasteiger partial charge < -0.3 is 0 Å². The molecule has 0 spiro atoms. The number of hydrogen-bond donors (Lipinski definition) is 1. The predicted molar refractivity (Wildman–Crippen MR) is 98.9 cm³/mol. The molecule has 0 saturated heterocycles. The zero-order valence-electron chi connectivity index (χ0n) is 14.5. The van der Waals surface area contributed by atoms with Crippen LogP contribution < -0.4 is 5.43 Å². The van der Waals surface area contributed by atoms with Crippen molar-refractivity contribution in [1.29, 1.82) is 0 Å². The number of nitrogens with zero attached hydrogens (tertiary/aromatic N) is 1. The summed E-state index contributed by atoms with van der Waals surface area (Å²) in [7, 11) is 0. The highest BCUT2D eigenvalue weighted by atomic mass is 15.6. The molecule has 0 bridgehead atoms. The van der Waals surface area contributed by atoms with Crippen molar-refractivity contribution in [2.75, 3.05) is 0 Å². The van der Waals surface area contributed by atoms with Crippen LogP contribution in [-0.2, 0) is 0 Å². The van der Waals surface area contributed by atoms with E-state index in [-0.39, 0.29) is 16.6 Å². The van der Waals surface area contributed by atoms with Gasteiger partial charge in [0.2, 0.25) is 0 Å². The molecule has 122 valence electrons. The minimum Gasteiger partial charge on any atom is -0.239 e. The summed E-state index contributed by atoms with van der Waals surface area (Å²) >= 11 is 0. The lowest BCUT2D eigenvalue weighted by atomic mass is 9.87. The Balaban J connectivity index is 2.04. The van der Waals surface area contributed by atoms with Crippen molar-refractivity contribution < 1.29 is 0 Å². The van der Waals surface area contributed by atoms with Crippen LogP contribution in [0.3, 0.4) is 0 Å². The molecule has 23 heavy (non-hydrogen) atoms. The molecular formula is C21H28N2. The topological polar surface area (TPSA) is 15.3 Å². The Morgan fingerprint density at radius 3 is 1.35 bits per heavy atom. The Bertz CT molecular complexity index is 544. The van der Waals surface area contributed by atoms with Crippen LogP contribution >= 0.6 is 0 Å². The van der Waals surface area contributed by atoms with Gasteiger partial charge in [-0.05, 0) is 19.3 Å². The van der Waals surface area contributed by atoms with Crippen LogP contribution in [-0.4, -0.2) is 21.6 Å². The van der Waals surface area contributed by atoms with E-state index in [0.717, 1.165) is 19.3 Å². The van der Waals surface area contributed by atoms with Crippen molar-refractivity contribution in [3.05, 3.63) is 72.9 Å². The molecular weight excluding hydrogens is 280 g/mol. The predicted octanol–water partition coefficient (Wildman–Crippen LogP) is 4.62. The van der Waals surface area contributed by atoms with E-state index in [9.17, 15) is 0 Å². The Morgan fingerprint density at radius 1 is 0.609 bits per heavy atom. The highest BCUT2D eigenvalue weighted by Crippen LogP contribution is 2.39. The van der Waals surface area contributed by atoms with Crippen molar-refractivity contribution in [1.82, 2.24) is 10.4 Å². The molecule has 0 atom stereocenters. The quantitative estimate of drug-likeness (QED) is 0.691. The van der Waals surface area contributed by atoms with Gasteiger partial charge in [0.25, 0.3) is 0 Å². The van der Waals surface area contributed by atoms with Gasteiger partial charge in [-0.1, -0.05) is 93.7 Å². The van der Waals surface area contributed by atoms with Crippen LogP contribution in [0.2, 0.25) is 0 Å². The summed E-state index contributed by atoms with van der Waals surface area (Å²) < 4.78 is 0. The van der Waals surface area contributed by atoms with E-state index in [1.54, 1.807) is 0 Å². The molecule has 3 aliphatic carbocycles. The molecule has 0 amide bonds. The van der Waals surface area contributed by atoms with Gasteiger partial charge in [-0.3, -0.25) is 0 Å². The van der Waals surface area contributed by atoms with Crippen molar-refractivity contribution in [3.63, 3.8) is 0 Å². The molecule has 3 rings (SSSR count). The third-order valence-corrected chi connectivity index (χ3v) is 5.53. The summed E-state index contributed by atoms with van der Waals surface area (Å²) in [5.41, 5.74) is 3.61. The minimum absolute atomic E-state index is 0.0958. The second kappa shape index (κ2) is 6.10. The van der Waals surface area contributed by atoms with Gasteiger partial charge in [-0.25, -0.2) is 10.4 Å². The molecule has 0 radical (unpaired) electrons. The second-order valence-electron chi connectivity index (χ2n) is 6.69. The normalized spacial score (nSPS) is 24.5. The Hall–Kier alpha value is -1.64. The zero-order chi connectivity index (χ0) is 16.4. The first kappa shape index (κ1) is 16.2. The molecule has 0 aromatic heterocycles. The van der Waals surface area contributed by atoms with E-state index >= 15 is 0 Å². The highest BCUT2D eigenvalue weighted by Gasteiger charge is 2.46. The Labute approximate surface area is 140 Å². The summed E-state index contributed by atoms with van der Waals surface area (Å²) in [6.07, 6.45) is 29.9. The molecule has 1 N–H and O–H groups in total. The third-order valence-electron chi connectivity index (χ3n) is 5.53. The first-order valence-electron chi connectivity index (χ1n) is 8.83. The smallest absolute Gasteiger partial charge is 0.0730 e. The molecule has 0 unspecified atom stereocenters. The maximum atomic E-state index is 3.90.